The predicted octanol–water partition coefficient (Wildman–Crippen LogP) is -1.07. The number of carboxylic acid groups (broad SMARTS) is 1. The van der Waals surface area contributed by atoms with E-state index in [9.17, 15) is 19.8 Å². The Balaban J connectivity index is 0.00000256. The van der Waals surface area contributed by atoms with Crippen molar-refractivity contribution in [3.05, 3.63) is 40.6 Å². The summed E-state index contributed by atoms with van der Waals surface area (Å²) >= 11 is 7.55. The summed E-state index contributed by atoms with van der Waals surface area (Å²) in [5.74, 6) is -1.92. The molecule has 1 aromatic heterocycles. The minimum atomic E-state index is -1.07. The molecule has 152 valence electrons. The van der Waals surface area contributed by atoms with Crippen molar-refractivity contribution in [1.29, 1.82) is 0 Å². The molecule has 3 atom stereocenters. The molecule has 1 amide bonds. The Morgan fingerprint density at radius 1 is 1.40 bits per heavy atom. The zero-order chi connectivity index (χ0) is 21.1. The van der Waals surface area contributed by atoms with Gasteiger partial charge in [0.25, 0.3) is 5.91 Å². The summed E-state index contributed by atoms with van der Waals surface area (Å²) in [6, 6.07) is 4.99. The van der Waals surface area contributed by atoms with Gasteiger partial charge in [-0.05, 0) is 32.7 Å². The Hall–Kier alpha value is -1.52. The third kappa shape index (κ3) is 3.56. The number of β-lactam (4-membered cyclic amide) rings is 1. The van der Waals surface area contributed by atoms with Crippen molar-refractivity contribution >= 4 is 41.1 Å². The van der Waals surface area contributed by atoms with E-state index in [1.165, 1.54) is 16.7 Å². The number of aryl methyl sites for hydroxylation is 1. The predicted molar refractivity (Wildman–Crippen MR) is 106 cm³/mol. The van der Waals surface area contributed by atoms with E-state index in [-0.39, 0.29) is 46.6 Å². The van der Waals surface area contributed by atoms with Gasteiger partial charge in [0.05, 0.1) is 10.6 Å². The number of amides is 1. The molecule has 8 nitrogen and oxygen atoms in total. The monoisotopic (exact) mass is 457 g/mol. The zero-order valence-corrected chi connectivity index (χ0v) is 20.3. The molecule has 11 heteroatoms. The van der Waals surface area contributed by atoms with Crippen LogP contribution in [0.5, 0.6) is 0 Å². The topological polar surface area (TPSA) is 119 Å². The van der Waals surface area contributed by atoms with E-state index in [0.717, 1.165) is 0 Å². The van der Waals surface area contributed by atoms with Crippen molar-refractivity contribution in [2.75, 3.05) is 0 Å². The largest absolute Gasteiger partial charge is 1.00 e. The molecule has 3 heterocycles. The second-order valence-corrected chi connectivity index (χ2v) is 9.60. The van der Waals surface area contributed by atoms with Gasteiger partial charge in [-0.15, -0.1) is 11.8 Å². The average Bonchev–Trinajstić information content (AvgIpc) is 3.15. The van der Waals surface area contributed by atoms with E-state index < -0.39 is 40.0 Å². The van der Waals surface area contributed by atoms with Crippen LogP contribution in [0.1, 0.15) is 25.2 Å². The maximum atomic E-state index is 12.9. The van der Waals surface area contributed by atoms with E-state index in [1.54, 1.807) is 45.0 Å². The first-order valence-corrected chi connectivity index (χ1v) is 10.1. The number of aromatic nitrogens is 1. The molecule has 2 aliphatic rings. The van der Waals surface area contributed by atoms with Gasteiger partial charge in [0.1, 0.15) is 22.9 Å². The number of carbonyl (C=O) groups is 2. The minimum Gasteiger partial charge on any atom is -0.858 e. The second-order valence-electron chi connectivity index (χ2n) is 7.42. The molecule has 30 heavy (non-hydrogen) atoms. The molecular weight excluding hydrogens is 441 g/mol. The first-order valence-electron chi connectivity index (χ1n) is 8.82. The number of hydrogen-bond donors (Lipinski definition) is 1. The van der Waals surface area contributed by atoms with Crippen LogP contribution in [0.25, 0.3) is 11.3 Å². The average molecular weight is 458 g/mol. The number of rotatable bonds is 4. The molecule has 0 spiro atoms. The molecule has 2 fully saturated rings. The van der Waals surface area contributed by atoms with Gasteiger partial charge >= 0.3 is 35.5 Å². The van der Waals surface area contributed by atoms with Gasteiger partial charge in [0, 0.05) is 10.3 Å². The summed E-state index contributed by atoms with van der Waals surface area (Å²) in [5.41, 5.74) is 0.920. The van der Waals surface area contributed by atoms with Crippen LogP contribution in [0, 0.1) is 6.92 Å². The van der Waals surface area contributed by atoms with E-state index in [4.69, 9.17) is 16.1 Å². The molecule has 2 aliphatic heterocycles. The van der Waals surface area contributed by atoms with Crippen LogP contribution in [0.2, 0.25) is 5.02 Å². The minimum absolute atomic E-state index is 0. The normalized spacial score (nSPS) is 24.8. The number of hydrogen-bond acceptors (Lipinski definition) is 7. The SMILES string of the molecule is Cc1onc(-c2ccccc2Cl)c1C([O-])=NC1C(=O)N2C1SC(C)(C)C2C(=O)O.[Na+]. The fourth-order valence-electron chi connectivity index (χ4n) is 3.76. The van der Waals surface area contributed by atoms with E-state index in [0.29, 0.717) is 10.6 Å². The molecule has 0 saturated carbocycles. The molecule has 3 unspecified atom stereocenters. The van der Waals surface area contributed by atoms with Crippen LogP contribution in [-0.4, -0.2) is 55.1 Å². The Kier molecular flexibility index (Phi) is 6.33. The summed E-state index contributed by atoms with van der Waals surface area (Å²) in [6.45, 7) is 5.11. The quantitative estimate of drug-likeness (QED) is 0.269. The Bertz CT molecular complexity index is 1060. The molecule has 1 aromatic carbocycles. The third-order valence-electron chi connectivity index (χ3n) is 5.11. The van der Waals surface area contributed by atoms with Gasteiger partial charge in [-0.2, -0.15) is 0 Å². The van der Waals surface area contributed by atoms with Gasteiger partial charge in [0.2, 0.25) is 0 Å². The van der Waals surface area contributed by atoms with Crippen molar-refractivity contribution in [2.45, 2.75) is 43.0 Å². The summed E-state index contributed by atoms with van der Waals surface area (Å²) in [4.78, 5) is 29.6. The zero-order valence-electron chi connectivity index (χ0n) is 16.7. The fourth-order valence-corrected chi connectivity index (χ4v) is 5.60. The smallest absolute Gasteiger partial charge is 0.858 e. The molecule has 2 saturated heterocycles. The summed E-state index contributed by atoms with van der Waals surface area (Å²) < 4.78 is 4.50. The standard InChI is InChI=1S/C19H18ClN3O5S.Na/c1-8-11(12(22-28-8)9-6-4-5-7-10(9)20)15(24)21-13-16(25)23-14(18(26)27)19(2,3)29-17(13)23;/h4-7,13-14,17H,1-3H3,(H,21,24)(H,26,27);/q;+1/p-1. The van der Waals surface area contributed by atoms with E-state index in [1.807, 2.05) is 0 Å². The van der Waals surface area contributed by atoms with Crippen molar-refractivity contribution in [1.82, 2.24) is 10.1 Å². The van der Waals surface area contributed by atoms with Crippen molar-refractivity contribution in [2.24, 2.45) is 4.99 Å². The van der Waals surface area contributed by atoms with Gasteiger partial charge in [-0.25, -0.2) is 4.79 Å². The number of nitrogens with zero attached hydrogens (tertiary/aromatic N) is 3. The Labute approximate surface area is 203 Å². The Morgan fingerprint density at radius 3 is 2.70 bits per heavy atom. The van der Waals surface area contributed by atoms with Crippen molar-refractivity contribution in [3.63, 3.8) is 0 Å². The van der Waals surface area contributed by atoms with E-state index >= 15 is 0 Å². The number of fused-ring (bicyclic) bond motifs is 1. The van der Waals surface area contributed by atoms with Crippen LogP contribution in [0.3, 0.4) is 0 Å². The van der Waals surface area contributed by atoms with Crippen LogP contribution in [-0.2, 0) is 9.59 Å². The first kappa shape index (κ1) is 23.1. The maximum absolute atomic E-state index is 12.9. The Morgan fingerprint density at radius 2 is 2.07 bits per heavy atom. The summed E-state index contributed by atoms with van der Waals surface area (Å²) in [7, 11) is 0. The van der Waals surface area contributed by atoms with Crippen molar-refractivity contribution < 1.29 is 53.9 Å². The number of thioether (sulfide) groups is 1. The van der Waals surface area contributed by atoms with Gasteiger partial charge in [-0.3, -0.25) is 9.79 Å². The summed E-state index contributed by atoms with van der Waals surface area (Å²) in [5, 5.41) is 26.3. The summed E-state index contributed by atoms with van der Waals surface area (Å²) in [6.07, 6.45) is 0. The number of carboxylic acids is 1. The van der Waals surface area contributed by atoms with Crippen LogP contribution in [0.15, 0.2) is 33.8 Å². The number of carbonyl (C=O) groups excluding carboxylic acids is 1. The van der Waals surface area contributed by atoms with Crippen LogP contribution >= 0.6 is 23.4 Å². The van der Waals surface area contributed by atoms with Crippen LogP contribution < -0.4 is 34.7 Å². The number of aliphatic imine (C=N–C) groups is 1. The third-order valence-corrected chi connectivity index (χ3v) is 7.00. The van der Waals surface area contributed by atoms with Crippen molar-refractivity contribution in [3.8, 4) is 11.3 Å². The van der Waals surface area contributed by atoms with Gasteiger partial charge in [0.15, 0.2) is 6.04 Å². The van der Waals surface area contributed by atoms with Gasteiger partial charge in [-0.1, -0.05) is 35.0 Å². The van der Waals surface area contributed by atoms with E-state index in [2.05, 4.69) is 10.1 Å². The fraction of sp³-hybridized carbons (Fsp3) is 0.368. The molecule has 2 aromatic rings. The van der Waals surface area contributed by atoms with Crippen LogP contribution in [0.4, 0.5) is 0 Å². The molecular formula is C19H17ClN3NaO5S. The molecule has 0 aliphatic carbocycles. The second kappa shape index (κ2) is 8.20. The molecule has 0 bridgehead atoms. The van der Waals surface area contributed by atoms with Gasteiger partial charge < -0.3 is 19.6 Å². The number of aliphatic carboxylic acids is 1. The molecule has 1 N–H and O–H groups in total. The maximum Gasteiger partial charge on any atom is 1.00 e. The molecule has 4 rings (SSSR count). The first-order chi connectivity index (χ1) is 13.6. The number of benzene rings is 1. The number of halogens is 1. The molecule has 0 radical (unpaired) electrons.